The zero-order chi connectivity index (χ0) is 15.8. The predicted molar refractivity (Wildman–Crippen MR) is 92.8 cm³/mol. The maximum absolute atomic E-state index is 12.0. The molecule has 0 radical (unpaired) electrons. The molecule has 0 fully saturated rings. The zero-order valence-electron chi connectivity index (χ0n) is 12.6. The third-order valence-electron chi connectivity index (χ3n) is 2.56. The number of hydrogen-bond donors (Lipinski definition) is 1. The molecule has 0 unspecified atom stereocenters. The van der Waals surface area contributed by atoms with Crippen LogP contribution in [0, 0.1) is 0 Å². The summed E-state index contributed by atoms with van der Waals surface area (Å²) in [7, 11) is 0. The highest BCUT2D eigenvalue weighted by molar-refractivity contribution is 7.99. The van der Waals surface area contributed by atoms with E-state index >= 15 is 0 Å². The number of thioether (sulfide) groups is 2. The Labute approximate surface area is 142 Å². The fraction of sp³-hybridized carbons (Fsp3) is 0.538. The first-order chi connectivity index (χ1) is 10.7. The molecule has 0 spiro atoms. The number of nitrogens with one attached hydrogen (secondary N) is 1. The summed E-state index contributed by atoms with van der Waals surface area (Å²) >= 11 is 4.26. The van der Waals surface area contributed by atoms with Crippen molar-refractivity contribution < 1.29 is 4.79 Å². The van der Waals surface area contributed by atoms with Gasteiger partial charge in [-0.15, -0.1) is 0 Å². The number of aryl methyl sites for hydroxylation is 1. The molecular formula is C13H19N5OS3. The molecule has 2 heterocycles. The highest BCUT2D eigenvalue weighted by atomic mass is 32.2. The molecule has 0 bridgehead atoms. The third-order valence-corrected chi connectivity index (χ3v) is 5.37. The zero-order valence-corrected chi connectivity index (χ0v) is 15.1. The Hall–Kier alpha value is -1.06. The molecule has 0 saturated carbocycles. The van der Waals surface area contributed by atoms with E-state index in [9.17, 15) is 4.79 Å². The quantitative estimate of drug-likeness (QED) is 0.694. The number of imidazole rings is 1. The minimum Gasteiger partial charge on any atom is -0.326 e. The number of carbonyl (C=O) groups excluding carboxylic acids is 1. The molecule has 0 aliphatic heterocycles. The summed E-state index contributed by atoms with van der Waals surface area (Å²) in [6, 6.07) is 0. The van der Waals surface area contributed by atoms with Crippen molar-refractivity contribution in [2.45, 2.75) is 43.5 Å². The van der Waals surface area contributed by atoms with Gasteiger partial charge >= 0.3 is 0 Å². The lowest BCUT2D eigenvalue weighted by Crippen LogP contribution is -2.14. The Bertz CT molecular complexity index is 598. The fourth-order valence-corrected chi connectivity index (χ4v) is 3.85. The summed E-state index contributed by atoms with van der Waals surface area (Å²) in [5, 5.41) is 4.94. The largest absolute Gasteiger partial charge is 0.326 e. The minimum absolute atomic E-state index is 0.0840. The van der Waals surface area contributed by atoms with Crippen LogP contribution in [0.5, 0.6) is 0 Å². The monoisotopic (exact) mass is 357 g/mol. The van der Waals surface area contributed by atoms with E-state index in [2.05, 4.69) is 38.1 Å². The van der Waals surface area contributed by atoms with E-state index in [0.717, 1.165) is 35.5 Å². The fourth-order valence-electron chi connectivity index (χ4n) is 1.64. The Kier molecular flexibility index (Phi) is 7.20. The number of hydrogen-bond acceptors (Lipinski definition) is 7. The van der Waals surface area contributed by atoms with Gasteiger partial charge < -0.3 is 4.57 Å². The minimum atomic E-state index is -0.0840. The second kappa shape index (κ2) is 9.16. The Morgan fingerprint density at radius 2 is 2.23 bits per heavy atom. The molecule has 0 atom stereocenters. The van der Waals surface area contributed by atoms with Crippen LogP contribution in [0.4, 0.5) is 5.13 Å². The SMILES string of the molecule is CCCSc1nsc(NC(=O)CSc2nccn2CCC)n1. The normalized spacial score (nSPS) is 10.8. The van der Waals surface area contributed by atoms with Gasteiger partial charge in [0.1, 0.15) is 0 Å². The van der Waals surface area contributed by atoms with Gasteiger partial charge in [-0.25, -0.2) is 4.98 Å². The predicted octanol–water partition coefficient (Wildman–Crippen LogP) is 3.38. The number of amides is 1. The maximum Gasteiger partial charge on any atom is 0.236 e. The van der Waals surface area contributed by atoms with E-state index in [1.807, 2.05) is 6.20 Å². The molecule has 9 heteroatoms. The first-order valence-corrected chi connectivity index (χ1v) is 9.87. The van der Waals surface area contributed by atoms with E-state index in [1.165, 1.54) is 23.3 Å². The van der Waals surface area contributed by atoms with Gasteiger partial charge in [-0.1, -0.05) is 37.4 Å². The van der Waals surface area contributed by atoms with Crippen molar-refractivity contribution in [1.29, 1.82) is 0 Å². The van der Waals surface area contributed by atoms with Gasteiger partial charge in [0.2, 0.25) is 16.2 Å². The molecule has 1 amide bonds. The Balaban J connectivity index is 1.80. The first kappa shape index (κ1) is 17.3. The molecule has 120 valence electrons. The average molecular weight is 358 g/mol. The summed E-state index contributed by atoms with van der Waals surface area (Å²) in [6.07, 6.45) is 5.81. The van der Waals surface area contributed by atoms with Gasteiger partial charge in [-0.3, -0.25) is 10.1 Å². The number of anilines is 1. The molecule has 0 aliphatic carbocycles. The van der Waals surface area contributed by atoms with E-state index in [1.54, 1.807) is 18.0 Å². The van der Waals surface area contributed by atoms with Crippen molar-refractivity contribution in [3.05, 3.63) is 12.4 Å². The van der Waals surface area contributed by atoms with Gasteiger partial charge in [0.15, 0.2) is 5.16 Å². The van der Waals surface area contributed by atoms with E-state index in [0.29, 0.717) is 10.9 Å². The molecule has 1 N–H and O–H groups in total. The number of carbonyl (C=O) groups is 1. The second-order valence-corrected chi connectivity index (χ2v) is 7.23. The number of nitrogens with zero attached hydrogens (tertiary/aromatic N) is 4. The van der Waals surface area contributed by atoms with Gasteiger partial charge in [-0.2, -0.15) is 9.36 Å². The van der Waals surface area contributed by atoms with Crippen molar-refractivity contribution in [1.82, 2.24) is 18.9 Å². The van der Waals surface area contributed by atoms with Crippen LogP contribution < -0.4 is 5.32 Å². The Morgan fingerprint density at radius 3 is 3.00 bits per heavy atom. The lowest BCUT2D eigenvalue weighted by atomic mass is 10.5. The third kappa shape index (κ3) is 5.29. The van der Waals surface area contributed by atoms with Crippen molar-refractivity contribution in [2.75, 3.05) is 16.8 Å². The van der Waals surface area contributed by atoms with Crippen molar-refractivity contribution in [3.63, 3.8) is 0 Å². The van der Waals surface area contributed by atoms with Crippen LogP contribution in [-0.2, 0) is 11.3 Å². The molecule has 6 nitrogen and oxygen atoms in total. The topological polar surface area (TPSA) is 72.7 Å². The first-order valence-electron chi connectivity index (χ1n) is 7.13. The van der Waals surface area contributed by atoms with Gasteiger partial charge in [0, 0.05) is 36.2 Å². The molecule has 2 aromatic heterocycles. The van der Waals surface area contributed by atoms with Crippen LogP contribution in [0.3, 0.4) is 0 Å². The van der Waals surface area contributed by atoms with E-state index in [-0.39, 0.29) is 5.91 Å². The summed E-state index contributed by atoms with van der Waals surface area (Å²) in [5.74, 6) is 1.22. The highest BCUT2D eigenvalue weighted by Crippen LogP contribution is 2.21. The number of aromatic nitrogens is 4. The molecule has 0 aromatic carbocycles. The molecule has 22 heavy (non-hydrogen) atoms. The van der Waals surface area contributed by atoms with Crippen molar-refractivity contribution in [2.24, 2.45) is 0 Å². The van der Waals surface area contributed by atoms with Crippen LogP contribution in [0.15, 0.2) is 22.7 Å². The van der Waals surface area contributed by atoms with Gasteiger partial charge in [-0.05, 0) is 12.8 Å². The summed E-state index contributed by atoms with van der Waals surface area (Å²) in [4.78, 5) is 20.5. The van der Waals surface area contributed by atoms with Crippen molar-refractivity contribution in [3.8, 4) is 0 Å². The van der Waals surface area contributed by atoms with Crippen LogP contribution in [0.25, 0.3) is 0 Å². The van der Waals surface area contributed by atoms with E-state index in [4.69, 9.17) is 0 Å². The standard InChI is InChI=1S/C13H19N5OS3/c1-3-6-18-7-5-14-13(18)21-9-10(19)15-11-16-12(17-22-11)20-8-4-2/h5,7H,3-4,6,8-9H2,1-2H3,(H,15,16,17,19). The number of rotatable bonds is 9. The van der Waals surface area contributed by atoms with E-state index < -0.39 is 0 Å². The molecule has 2 aromatic rings. The van der Waals surface area contributed by atoms with Crippen molar-refractivity contribution >= 4 is 46.1 Å². The molecule has 0 saturated heterocycles. The average Bonchev–Trinajstić information content (AvgIpc) is 3.13. The maximum atomic E-state index is 12.0. The van der Waals surface area contributed by atoms with Crippen LogP contribution in [0.1, 0.15) is 26.7 Å². The lowest BCUT2D eigenvalue weighted by molar-refractivity contribution is -0.113. The summed E-state index contributed by atoms with van der Waals surface area (Å²) in [6.45, 7) is 5.14. The van der Waals surface area contributed by atoms with Crippen LogP contribution in [-0.4, -0.2) is 36.3 Å². The van der Waals surface area contributed by atoms with Crippen LogP contribution in [0.2, 0.25) is 0 Å². The molecule has 0 aliphatic rings. The van der Waals surface area contributed by atoms with Gasteiger partial charge in [0.25, 0.3) is 0 Å². The molecular weight excluding hydrogens is 338 g/mol. The second-order valence-electron chi connectivity index (χ2n) is 4.47. The highest BCUT2D eigenvalue weighted by Gasteiger charge is 2.10. The van der Waals surface area contributed by atoms with Crippen LogP contribution >= 0.6 is 35.1 Å². The lowest BCUT2D eigenvalue weighted by Gasteiger charge is -2.05. The smallest absolute Gasteiger partial charge is 0.236 e. The summed E-state index contributed by atoms with van der Waals surface area (Å²) < 4.78 is 6.27. The Morgan fingerprint density at radius 1 is 1.36 bits per heavy atom. The van der Waals surface area contributed by atoms with Gasteiger partial charge in [0.05, 0.1) is 5.75 Å². The molecule has 2 rings (SSSR count). The summed E-state index contributed by atoms with van der Waals surface area (Å²) in [5.41, 5.74) is 0.